The van der Waals surface area contributed by atoms with Crippen LogP contribution in [-0.4, -0.2) is 39.6 Å². The number of carbonyl (C=O) groups is 3. The van der Waals surface area contributed by atoms with E-state index in [9.17, 15) is 14.4 Å². The van der Waals surface area contributed by atoms with Crippen molar-refractivity contribution in [3.05, 3.63) is 41.5 Å². The van der Waals surface area contributed by atoms with Gasteiger partial charge in [0.2, 0.25) is 11.8 Å². The van der Waals surface area contributed by atoms with Gasteiger partial charge in [-0.1, -0.05) is 19.0 Å². The number of carboxylic acids is 1. The number of carboxylic acid groups (broad SMARTS) is 1. The molecule has 144 valence electrons. The third kappa shape index (κ3) is 6.53. The summed E-state index contributed by atoms with van der Waals surface area (Å²) in [6.45, 7) is 3.97. The summed E-state index contributed by atoms with van der Waals surface area (Å²) in [6, 6.07) is 6.32. The van der Waals surface area contributed by atoms with Gasteiger partial charge in [0.1, 0.15) is 0 Å². The Morgan fingerprint density at radius 1 is 1.15 bits per heavy atom. The van der Waals surface area contributed by atoms with E-state index in [0.29, 0.717) is 29.4 Å². The fraction of sp³-hybridized carbons (Fsp3) is 0.389. The lowest BCUT2D eigenvalue weighted by Crippen LogP contribution is -2.25. The van der Waals surface area contributed by atoms with Crippen LogP contribution in [0, 0.1) is 0 Å². The Kier molecular flexibility index (Phi) is 7.04. The number of rotatable bonds is 9. The molecule has 0 aliphatic rings. The maximum atomic E-state index is 12.0. The molecular weight excluding hydrogens is 352 g/mol. The quantitative estimate of drug-likeness (QED) is 0.611. The minimum atomic E-state index is -0.977. The molecular formula is C18H22N4O5. The van der Waals surface area contributed by atoms with E-state index in [0.717, 1.165) is 0 Å². The van der Waals surface area contributed by atoms with Crippen LogP contribution in [0.1, 0.15) is 54.7 Å². The van der Waals surface area contributed by atoms with Crippen molar-refractivity contribution in [2.24, 2.45) is 0 Å². The van der Waals surface area contributed by atoms with Crippen molar-refractivity contribution in [3.63, 3.8) is 0 Å². The first-order valence-electron chi connectivity index (χ1n) is 8.57. The van der Waals surface area contributed by atoms with Crippen LogP contribution in [0.5, 0.6) is 0 Å². The van der Waals surface area contributed by atoms with Crippen LogP contribution in [0.15, 0.2) is 28.8 Å². The third-order valence-corrected chi connectivity index (χ3v) is 3.62. The van der Waals surface area contributed by atoms with Crippen molar-refractivity contribution in [3.8, 4) is 0 Å². The number of carbonyl (C=O) groups excluding carboxylic acids is 2. The zero-order valence-electron chi connectivity index (χ0n) is 15.2. The molecule has 1 aromatic heterocycles. The predicted octanol–water partition coefficient (Wildman–Crippen LogP) is 1.97. The number of hydrogen-bond donors (Lipinski definition) is 3. The molecule has 0 fully saturated rings. The van der Waals surface area contributed by atoms with E-state index in [1.807, 2.05) is 13.8 Å². The van der Waals surface area contributed by atoms with E-state index in [2.05, 4.69) is 20.8 Å². The Morgan fingerprint density at radius 3 is 2.44 bits per heavy atom. The summed E-state index contributed by atoms with van der Waals surface area (Å²) in [6.07, 6.45) is 0.394. The molecule has 9 nitrogen and oxygen atoms in total. The van der Waals surface area contributed by atoms with Crippen molar-refractivity contribution < 1.29 is 24.0 Å². The van der Waals surface area contributed by atoms with Gasteiger partial charge >= 0.3 is 5.97 Å². The van der Waals surface area contributed by atoms with Gasteiger partial charge in [-0.15, -0.1) is 0 Å². The number of benzene rings is 1. The smallest absolute Gasteiger partial charge is 0.305 e. The number of aliphatic carboxylic acids is 1. The molecule has 0 spiro atoms. The Labute approximate surface area is 156 Å². The van der Waals surface area contributed by atoms with Crippen molar-refractivity contribution in [1.82, 2.24) is 15.5 Å². The fourth-order valence-corrected chi connectivity index (χ4v) is 2.14. The number of amides is 2. The van der Waals surface area contributed by atoms with Crippen LogP contribution in [0.4, 0.5) is 5.69 Å². The molecule has 0 aliphatic heterocycles. The van der Waals surface area contributed by atoms with Crippen LogP contribution in [0.3, 0.4) is 0 Å². The molecule has 0 saturated carbocycles. The van der Waals surface area contributed by atoms with Crippen molar-refractivity contribution in [2.75, 3.05) is 11.9 Å². The van der Waals surface area contributed by atoms with Gasteiger partial charge in [0.05, 0.1) is 6.42 Å². The highest BCUT2D eigenvalue weighted by atomic mass is 16.5. The predicted molar refractivity (Wildman–Crippen MR) is 96.4 cm³/mol. The summed E-state index contributed by atoms with van der Waals surface area (Å²) < 4.78 is 5.09. The molecule has 0 radical (unpaired) electrons. The van der Waals surface area contributed by atoms with E-state index < -0.39 is 5.97 Å². The second-order valence-electron chi connectivity index (χ2n) is 6.23. The van der Waals surface area contributed by atoms with Gasteiger partial charge in [-0.05, 0) is 24.3 Å². The van der Waals surface area contributed by atoms with Crippen molar-refractivity contribution in [2.45, 2.75) is 39.0 Å². The first kappa shape index (κ1) is 20.1. The van der Waals surface area contributed by atoms with E-state index in [-0.39, 0.29) is 37.1 Å². The topological polar surface area (TPSA) is 134 Å². The molecule has 0 saturated heterocycles. The monoisotopic (exact) mass is 374 g/mol. The second kappa shape index (κ2) is 9.46. The summed E-state index contributed by atoms with van der Waals surface area (Å²) in [4.78, 5) is 38.5. The molecule has 27 heavy (non-hydrogen) atoms. The lowest BCUT2D eigenvalue weighted by Gasteiger charge is -2.06. The molecule has 0 unspecified atom stereocenters. The molecule has 9 heteroatoms. The summed E-state index contributed by atoms with van der Waals surface area (Å²) in [5.74, 6) is -0.361. The zero-order valence-corrected chi connectivity index (χ0v) is 15.2. The number of anilines is 1. The van der Waals surface area contributed by atoms with Gasteiger partial charge in [-0.3, -0.25) is 14.4 Å². The van der Waals surface area contributed by atoms with Crippen LogP contribution >= 0.6 is 0 Å². The van der Waals surface area contributed by atoms with E-state index in [4.69, 9.17) is 9.63 Å². The fourth-order valence-electron chi connectivity index (χ4n) is 2.14. The standard InChI is InChI=1S/C18H22N4O5/c1-11(2)17-21-15(27-22-17)8-7-14(23)20-13-5-3-12(4-6-13)18(26)19-10-9-16(24)25/h3-6,11H,7-10H2,1-2H3,(H,19,26)(H,20,23)(H,24,25). The van der Waals surface area contributed by atoms with Gasteiger partial charge in [-0.25, -0.2) is 0 Å². The minimum Gasteiger partial charge on any atom is -0.481 e. The number of nitrogens with zero attached hydrogens (tertiary/aromatic N) is 2. The Bertz CT molecular complexity index is 798. The molecule has 0 atom stereocenters. The van der Waals surface area contributed by atoms with Gasteiger partial charge in [-0.2, -0.15) is 4.98 Å². The normalized spacial score (nSPS) is 10.6. The molecule has 0 bridgehead atoms. The molecule has 2 amide bonds. The molecule has 1 aromatic carbocycles. The van der Waals surface area contributed by atoms with Crippen LogP contribution in [0.25, 0.3) is 0 Å². The summed E-state index contributed by atoms with van der Waals surface area (Å²) in [5.41, 5.74) is 0.931. The van der Waals surface area contributed by atoms with Crippen LogP contribution in [0.2, 0.25) is 0 Å². The highest BCUT2D eigenvalue weighted by molar-refractivity contribution is 5.95. The largest absolute Gasteiger partial charge is 0.481 e. The highest BCUT2D eigenvalue weighted by Crippen LogP contribution is 2.12. The Hall–Kier alpha value is -3.23. The van der Waals surface area contributed by atoms with Crippen LogP contribution < -0.4 is 10.6 Å². The van der Waals surface area contributed by atoms with Gasteiger partial charge in [0, 0.05) is 36.6 Å². The first-order chi connectivity index (χ1) is 12.8. The summed E-state index contributed by atoms with van der Waals surface area (Å²) in [5, 5.41) is 17.6. The van der Waals surface area contributed by atoms with Gasteiger partial charge < -0.3 is 20.3 Å². The number of aryl methyl sites for hydroxylation is 1. The SMILES string of the molecule is CC(C)c1noc(CCC(=O)Nc2ccc(C(=O)NCCC(=O)O)cc2)n1. The third-order valence-electron chi connectivity index (χ3n) is 3.62. The number of hydrogen-bond acceptors (Lipinski definition) is 6. The Balaban J connectivity index is 1.80. The highest BCUT2D eigenvalue weighted by Gasteiger charge is 2.12. The van der Waals surface area contributed by atoms with Crippen molar-refractivity contribution in [1.29, 1.82) is 0 Å². The molecule has 3 N–H and O–H groups in total. The average Bonchev–Trinajstić information content (AvgIpc) is 3.09. The summed E-state index contributed by atoms with van der Waals surface area (Å²) in [7, 11) is 0. The van der Waals surface area contributed by atoms with Gasteiger partial charge in [0.15, 0.2) is 5.82 Å². The minimum absolute atomic E-state index is 0.0564. The summed E-state index contributed by atoms with van der Waals surface area (Å²) >= 11 is 0. The molecule has 2 rings (SSSR count). The zero-order chi connectivity index (χ0) is 19.8. The van der Waals surface area contributed by atoms with E-state index in [1.54, 1.807) is 24.3 Å². The average molecular weight is 374 g/mol. The molecule has 1 heterocycles. The number of aromatic nitrogens is 2. The molecule has 2 aromatic rings. The first-order valence-corrected chi connectivity index (χ1v) is 8.57. The Morgan fingerprint density at radius 2 is 1.85 bits per heavy atom. The second-order valence-corrected chi connectivity index (χ2v) is 6.23. The lowest BCUT2D eigenvalue weighted by atomic mass is 10.2. The van der Waals surface area contributed by atoms with E-state index >= 15 is 0 Å². The van der Waals surface area contributed by atoms with Gasteiger partial charge in [0.25, 0.3) is 5.91 Å². The molecule has 0 aliphatic carbocycles. The van der Waals surface area contributed by atoms with Crippen LogP contribution in [-0.2, 0) is 16.0 Å². The maximum absolute atomic E-state index is 12.0. The van der Waals surface area contributed by atoms with E-state index in [1.165, 1.54) is 0 Å². The lowest BCUT2D eigenvalue weighted by molar-refractivity contribution is -0.136. The van der Waals surface area contributed by atoms with Crippen molar-refractivity contribution >= 4 is 23.5 Å². The maximum Gasteiger partial charge on any atom is 0.305 e. The number of nitrogens with one attached hydrogen (secondary N) is 2.